The molecule has 1 aliphatic rings. The number of nitriles is 1. The average molecular weight is 306 g/mol. The van der Waals surface area contributed by atoms with E-state index in [1.165, 1.54) is 0 Å². The molecule has 1 atom stereocenters. The third-order valence-electron chi connectivity index (χ3n) is 3.68. The Morgan fingerprint density at radius 2 is 2.13 bits per heavy atom. The second-order valence-electron chi connectivity index (χ2n) is 5.40. The zero-order valence-electron chi connectivity index (χ0n) is 12.8. The van der Waals surface area contributed by atoms with Gasteiger partial charge in [0.2, 0.25) is 0 Å². The van der Waals surface area contributed by atoms with Gasteiger partial charge < -0.3 is 9.47 Å². The summed E-state index contributed by atoms with van der Waals surface area (Å²) in [7, 11) is 0. The van der Waals surface area contributed by atoms with Gasteiger partial charge in [-0.05, 0) is 48.7 Å². The minimum Gasteiger partial charge on any atom is -0.464 e. The fourth-order valence-corrected chi connectivity index (χ4v) is 2.48. The number of hydrogen-bond donors (Lipinski definition) is 0. The maximum absolute atomic E-state index is 9.11. The molecule has 0 bridgehead atoms. The Morgan fingerprint density at radius 1 is 1.26 bits per heavy atom. The standard InChI is InChI=1S/C19H18N2O2/c20-14-16-4-3-5-17(12-16)18(13-15-7-9-21-10-8-15)23-19-6-1-2-11-22-19/h3-5,7-10,12-13,19H,1-2,6,11H2. The number of nitrogens with zero attached hydrogens (tertiary/aromatic N) is 2. The lowest BCUT2D eigenvalue weighted by atomic mass is 10.1. The monoisotopic (exact) mass is 306 g/mol. The smallest absolute Gasteiger partial charge is 0.199 e. The minimum atomic E-state index is -0.234. The first-order valence-corrected chi connectivity index (χ1v) is 7.76. The molecule has 1 unspecified atom stereocenters. The largest absolute Gasteiger partial charge is 0.464 e. The van der Waals surface area contributed by atoms with Gasteiger partial charge in [0.15, 0.2) is 6.29 Å². The Labute approximate surface area is 136 Å². The van der Waals surface area contributed by atoms with Gasteiger partial charge in [0, 0.05) is 24.4 Å². The summed E-state index contributed by atoms with van der Waals surface area (Å²) in [5.41, 5.74) is 2.47. The van der Waals surface area contributed by atoms with Crippen LogP contribution in [0.15, 0.2) is 48.8 Å². The quantitative estimate of drug-likeness (QED) is 0.801. The molecule has 2 heterocycles. The Bertz CT molecular complexity index is 714. The molecule has 3 rings (SSSR count). The summed E-state index contributed by atoms with van der Waals surface area (Å²) in [5.74, 6) is 0.709. The van der Waals surface area contributed by atoms with Crippen molar-refractivity contribution < 1.29 is 9.47 Å². The van der Waals surface area contributed by atoms with Crippen molar-refractivity contribution in [3.8, 4) is 6.07 Å². The van der Waals surface area contributed by atoms with E-state index in [9.17, 15) is 0 Å². The number of hydrogen-bond acceptors (Lipinski definition) is 4. The molecular weight excluding hydrogens is 288 g/mol. The van der Waals surface area contributed by atoms with Crippen LogP contribution in [-0.2, 0) is 9.47 Å². The van der Waals surface area contributed by atoms with E-state index >= 15 is 0 Å². The van der Waals surface area contributed by atoms with Gasteiger partial charge in [0.25, 0.3) is 0 Å². The lowest BCUT2D eigenvalue weighted by Gasteiger charge is -2.25. The fourth-order valence-electron chi connectivity index (χ4n) is 2.48. The third-order valence-corrected chi connectivity index (χ3v) is 3.68. The van der Waals surface area contributed by atoms with Gasteiger partial charge in [-0.25, -0.2) is 0 Å². The molecule has 23 heavy (non-hydrogen) atoms. The second-order valence-corrected chi connectivity index (χ2v) is 5.40. The van der Waals surface area contributed by atoms with Crippen LogP contribution in [0.5, 0.6) is 0 Å². The Kier molecular flexibility index (Phi) is 5.02. The molecule has 1 saturated heterocycles. The molecule has 1 fully saturated rings. The maximum atomic E-state index is 9.11. The van der Waals surface area contributed by atoms with Crippen LogP contribution in [0.4, 0.5) is 0 Å². The highest BCUT2D eigenvalue weighted by Gasteiger charge is 2.17. The summed E-state index contributed by atoms with van der Waals surface area (Å²) in [6, 6.07) is 13.4. The van der Waals surface area contributed by atoms with Crippen LogP contribution in [0.2, 0.25) is 0 Å². The van der Waals surface area contributed by atoms with Crippen LogP contribution in [0.1, 0.15) is 36.0 Å². The maximum Gasteiger partial charge on any atom is 0.199 e. The van der Waals surface area contributed by atoms with Gasteiger partial charge in [-0.3, -0.25) is 4.98 Å². The first-order chi connectivity index (χ1) is 11.3. The van der Waals surface area contributed by atoms with Crippen molar-refractivity contribution >= 4 is 11.8 Å². The van der Waals surface area contributed by atoms with Crippen molar-refractivity contribution in [2.75, 3.05) is 6.61 Å². The highest BCUT2D eigenvalue weighted by atomic mass is 16.7. The predicted molar refractivity (Wildman–Crippen MR) is 87.9 cm³/mol. The molecule has 0 N–H and O–H groups in total. The SMILES string of the molecule is N#Cc1cccc(C(=Cc2ccncc2)OC2CCCCO2)c1. The number of rotatable bonds is 4. The highest BCUT2D eigenvalue weighted by molar-refractivity contribution is 5.77. The van der Waals surface area contributed by atoms with Crippen molar-refractivity contribution in [1.29, 1.82) is 5.26 Å². The number of ether oxygens (including phenoxy) is 2. The molecule has 1 aromatic heterocycles. The van der Waals surface area contributed by atoms with Crippen LogP contribution >= 0.6 is 0 Å². The zero-order valence-corrected chi connectivity index (χ0v) is 12.8. The van der Waals surface area contributed by atoms with Crippen molar-refractivity contribution in [1.82, 2.24) is 4.98 Å². The molecule has 4 heteroatoms. The Balaban J connectivity index is 1.92. The summed E-state index contributed by atoms with van der Waals surface area (Å²) in [6.07, 6.45) is 8.27. The van der Waals surface area contributed by atoms with E-state index in [2.05, 4.69) is 11.1 Å². The molecule has 2 aromatic rings. The first kappa shape index (κ1) is 15.3. The van der Waals surface area contributed by atoms with E-state index in [4.69, 9.17) is 14.7 Å². The van der Waals surface area contributed by atoms with Gasteiger partial charge in [0.1, 0.15) is 5.76 Å². The number of benzene rings is 1. The molecule has 0 saturated carbocycles. The summed E-state index contributed by atoms with van der Waals surface area (Å²) in [5, 5.41) is 9.11. The van der Waals surface area contributed by atoms with E-state index in [-0.39, 0.29) is 6.29 Å². The van der Waals surface area contributed by atoms with Crippen molar-refractivity contribution in [3.63, 3.8) is 0 Å². The molecule has 4 nitrogen and oxygen atoms in total. The van der Waals surface area contributed by atoms with E-state index in [0.717, 1.165) is 37.0 Å². The summed E-state index contributed by atoms with van der Waals surface area (Å²) in [4.78, 5) is 4.03. The van der Waals surface area contributed by atoms with Crippen LogP contribution in [0, 0.1) is 11.3 Å². The second kappa shape index (κ2) is 7.57. The number of aromatic nitrogens is 1. The summed E-state index contributed by atoms with van der Waals surface area (Å²) >= 11 is 0. The minimum absolute atomic E-state index is 0.234. The van der Waals surface area contributed by atoms with Crippen molar-refractivity contribution in [3.05, 3.63) is 65.5 Å². The van der Waals surface area contributed by atoms with Crippen molar-refractivity contribution in [2.24, 2.45) is 0 Å². The molecule has 0 radical (unpaired) electrons. The van der Waals surface area contributed by atoms with E-state index < -0.39 is 0 Å². The van der Waals surface area contributed by atoms with Crippen LogP contribution in [0.3, 0.4) is 0 Å². The Morgan fingerprint density at radius 3 is 2.87 bits per heavy atom. The molecule has 0 aliphatic carbocycles. The number of pyridine rings is 1. The lowest BCUT2D eigenvalue weighted by molar-refractivity contribution is -0.120. The third kappa shape index (κ3) is 4.18. The van der Waals surface area contributed by atoms with Crippen LogP contribution in [0.25, 0.3) is 11.8 Å². The molecular formula is C19H18N2O2. The molecule has 1 aromatic carbocycles. The van der Waals surface area contributed by atoms with E-state index in [1.54, 1.807) is 18.5 Å². The average Bonchev–Trinajstić information content (AvgIpc) is 2.63. The van der Waals surface area contributed by atoms with Gasteiger partial charge in [-0.1, -0.05) is 12.1 Å². The summed E-state index contributed by atoms with van der Waals surface area (Å²) < 4.78 is 11.8. The lowest BCUT2D eigenvalue weighted by Crippen LogP contribution is -2.21. The van der Waals surface area contributed by atoms with E-state index in [1.807, 2.05) is 36.4 Å². The normalized spacial score (nSPS) is 18.2. The van der Waals surface area contributed by atoms with Gasteiger partial charge in [-0.2, -0.15) is 5.26 Å². The van der Waals surface area contributed by atoms with Crippen LogP contribution < -0.4 is 0 Å². The zero-order chi connectivity index (χ0) is 15.9. The predicted octanol–water partition coefficient (Wildman–Crippen LogP) is 3.99. The van der Waals surface area contributed by atoms with Gasteiger partial charge in [-0.15, -0.1) is 0 Å². The molecule has 0 spiro atoms. The topological polar surface area (TPSA) is 55.1 Å². The summed E-state index contributed by atoms with van der Waals surface area (Å²) in [6.45, 7) is 0.728. The fraction of sp³-hybridized carbons (Fsp3) is 0.263. The highest BCUT2D eigenvalue weighted by Crippen LogP contribution is 2.25. The van der Waals surface area contributed by atoms with Crippen molar-refractivity contribution in [2.45, 2.75) is 25.6 Å². The molecule has 0 amide bonds. The molecule has 116 valence electrons. The first-order valence-electron chi connectivity index (χ1n) is 7.76. The van der Waals surface area contributed by atoms with Gasteiger partial charge >= 0.3 is 0 Å². The molecule has 1 aliphatic heterocycles. The van der Waals surface area contributed by atoms with Crippen LogP contribution in [-0.4, -0.2) is 17.9 Å². The Hall–Kier alpha value is -2.64. The van der Waals surface area contributed by atoms with Gasteiger partial charge in [0.05, 0.1) is 18.2 Å². The van der Waals surface area contributed by atoms with E-state index in [0.29, 0.717) is 11.3 Å².